The van der Waals surface area contributed by atoms with Gasteiger partial charge < -0.3 is 9.30 Å². The smallest absolute Gasteiger partial charge is 0.234 e. The van der Waals surface area contributed by atoms with Gasteiger partial charge in [-0.25, -0.2) is 8.78 Å². The predicted octanol–water partition coefficient (Wildman–Crippen LogP) is 4.50. The predicted molar refractivity (Wildman–Crippen MR) is 89.4 cm³/mol. The fraction of sp³-hybridized carbons (Fsp3) is 0.368. The zero-order valence-electron chi connectivity index (χ0n) is 13.6. The summed E-state index contributed by atoms with van der Waals surface area (Å²) >= 11 is 0. The third kappa shape index (κ3) is 2.75. The second-order valence-electron chi connectivity index (χ2n) is 6.99. The van der Waals surface area contributed by atoms with Gasteiger partial charge in [0.2, 0.25) is 5.88 Å². The fourth-order valence-corrected chi connectivity index (χ4v) is 3.22. The molecule has 2 saturated carbocycles. The first-order chi connectivity index (χ1) is 12.2. The van der Waals surface area contributed by atoms with E-state index in [0.717, 1.165) is 24.1 Å². The molecule has 0 unspecified atom stereocenters. The van der Waals surface area contributed by atoms with Crippen LogP contribution in [0.4, 0.5) is 8.78 Å². The van der Waals surface area contributed by atoms with E-state index in [4.69, 9.17) is 4.74 Å². The van der Waals surface area contributed by atoms with E-state index in [9.17, 15) is 8.78 Å². The number of aromatic nitrogens is 3. The second kappa shape index (κ2) is 5.51. The Morgan fingerprint density at radius 2 is 1.84 bits per heavy atom. The average molecular weight is 341 g/mol. The van der Waals surface area contributed by atoms with Crippen LogP contribution >= 0.6 is 0 Å². The molecule has 0 bridgehead atoms. The van der Waals surface area contributed by atoms with Crippen molar-refractivity contribution in [1.29, 1.82) is 0 Å². The molecule has 3 aromatic rings. The molecular formula is C19H17F2N3O. The van der Waals surface area contributed by atoms with Gasteiger partial charge in [0.05, 0.1) is 24.0 Å². The lowest BCUT2D eigenvalue weighted by atomic mass is 10.2. The normalized spacial score (nSPS) is 17.2. The van der Waals surface area contributed by atoms with Crippen molar-refractivity contribution in [3.05, 3.63) is 42.1 Å². The molecule has 4 nitrogen and oxygen atoms in total. The number of nitrogens with zero attached hydrogens (tertiary/aromatic N) is 3. The van der Waals surface area contributed by atoms with Gasteiger partial charge in [0, 0.05) is 29.1 Å². The summed E-state index contributed by atoms with van der Waals surface area (Å²) in [7, 11) is 0. The minimum atomic E-state index is -0.826. The Bertz CT molecular complexity index is 961. The summed E-state index contributed by atoms with van der Waals surface area (Å²) < 4.78 is 35.2. The summed E-state index contributed by atoms with van der Waals surface area (Å²) in [5.74, 6) is -0.516. The van der Waals surface area contributed by atoms with E-state index in [2.05, 4.69) is 14.8 Å². The summed E-state index contributed by atoms with van der Waals surface area (Å²) in [6.07, 6.45) is 6.17. The van der Waals surface area contributed by atoms with Crippen molar-refractivity contribution >= 4 is 10.9 Å². The first-order valence-corrected chi connectivity index (χ1v) is 8.65. The van der Waals surface area contributed by atoms with Gasteiger partial charge in [0.15, 0.2) is 11.6 Å². The lowest BCUT2D eigenvalue weighted by Gasteiger charge is -2.10. The largest absolute Gasteiger partial charge is 0.476 e. The molecule has 2 aromatic heterocycles. The molecule has 0 amide bonds. The lowest BCUT2D eigenvalue weighted by molar-refractivity contribution is 0.285. The molecule has 0 aliphatic heterocycles. The van der Waals surface area contributed by atoms with Crippen molar-refractivity contribution in [2.45, 2.75) is 31.7 Å². The summed E-state index contributed by atoms with van der Waals surface area (Å²) in [6.45, 7) is 0.667. The first-order valence-electron chi connectivity index (χ1n) is 8.65. The molecule has 0 spiro atoms. The lowest BCUT2D eigenvalue weighted by Crippen LogP contribution is -2.03. The molecule has 2 fully saturated rings. The fourth-order valence-electron chi connectivity index (χ4n) is 3.22. The van der Waals surface area contributed by atoms with E-state index in [1.165, 1.54) is 25.0 Å². The van der Waals surface area contributed by atoms with E-state index in [1.54, 1.807) is 6.20 Å². The number of benzene rings is 1. The summed E-state index contributed by atoms with van der Waals surface area (Å²) in [4.78, 5) is 0. The standard InChI is InChI=1S/C19H17F2N3O/c20-15-5-12-6-17(24(14-3-4-14)18(12)8-16(15)21)13-7-19(23-22-9-13)25-10-11-1-2-11/h5-9,11,14H,1-4,10H2. The SMILES string of the molecule is Fc1cc2cc(-c3cnnc(OCC4CC4)c3)n(C3CC3)c2cc1F. The van der Waals surface area contributed by atoms with E-state index in [-0.39, 0.29) is 0 Å². The Balaban J connectivity index is 1.59. The van der Waals surface area contributed by atoms with Crippen LogP contribution in [0.2, 0.25) is 0 Å². The number of rotatable bonds is 5. The van der Waals surface area contributed by atoms with E-state index < -0.39 is 11.6 Å². The summed E-state index contributed by atoms with van der Waals surface area (Å²) in [5, 5.41) is 8.78. The summed E-state index contributed by atoms with van der Waals surface area (Å²) in [6, 6.07) is 6.60. The van der Waals surface area contributed by atoms with Gasteiger partial charge in [-0.05, 0) is 43.7 Å². The maximum absolute atomic E-state index is 13.7. The molecule has 6 heteroatoms. The first kappa shape index (κ1) is 14.8. The second-order valence-corrected chi connectivity index (χ2v) is 6.99. The highest BCUT2D eigenvalue weighted by atomic mass is 19.2. The van der Waals surface area contributed by atoms with Crippen LogP contribution in [0.3, 0.4) is 0 Å². The van der Waals surface area contributed by atoms with Crippen LogP contribution in [0.1, 0.15) is 31.7 Å². The molecule has 5 rings (SSSR count). The number of halogens is 2. The molecule has 1 aromatic carbocycles. The molecule has 0 saturated heterocycles. The molecule has 2 heterocycles. The van der Waals surface area contributed by atoms with E-state index in [0.29, 0.717) is 35.3 Å². The van der Waals surface area contributed by atoms with Crippen LogP contribution in [0, 0.1) is 17.6 Å². The van der Waals surface area contributed by atoms with Crippen LogP contribution in [0.15, 0.2) is 30.5 Å². The van der Waals surface area contributed by atoms with Crippen LogP contribution < -0.4 is 4.74 Å². The van der Waals surface area contributed by atoms with Crippen LogP contribution in [-0.4, -0.2) is 21.4 Å². The van der Waals surface area contributed by atoms with Crippen LogP contribution in [0.25, 0.3) is 22.2 Å². The Kier molecular flexibility index (Phi) is 3.26. The van der Waals surface area contributed by atoms with E-state index >= 15 is 0 Å². The van der Waals surface area contributed by atoms with Gasteiger partial charge in [-0.2, -0.15) is 5.10 Å². The highest BCUT2D eigenvalue weighted by molar-refractivity contribution is 5.87. The number of ether oxygens (including phenoxy) is 1. The molecule has 2 aliphatic rings. The van der Waals surface area contributed by atoms with Crippen molar-refractivity contribution in [1.82, 2.24) is 14.8 Å². The molecule has 25 heavy (non-hydrogen) atoms. The van der Waals surface area contributed by atoms with Gasteiger partial charge in [-0.15, -0.1) is 5.10 Å². The molecule has 128 valence electrons. The van der Waals surface area contributed by atoms with Crippen molar-refractivity contribution in [2.24, 2.45) is 5.92 Å². The molecule has 0 N–H and O–H groups in total. The van der Waals surface area contributed by atoms with Crippen LogP contribution in [0.5, 0.6) is 5.88 Å². The quantitative estimate of drug-likeness (QED) is 0.686. The Hall–Kier alpha value is -2.50. The molecular weight excluding hydrogens is 324 g/mol. The van der Waals surface area contributed by atoms with Crippen LogP contribution in [-0.2, 0) is 0 Å². The number of hydrogen-bond donors (Lipinski definition) is 0. The topological polar surface area (TPSA) is 39.9 Å². The van der Waals surface area contributed by atoms with Gasteiger partial charge in [-0.3, -0.25) is 0 Å². The Morgan fingerprint density at radius 1 is 1.04 bits per heavy atom. The van der Waals surface area contributed by atoms with E-state index in [1.807, 2.05) is 12.1 Å². The maximum atomic E-state index is 13.7. The average Bonchev–Trinajstić information content (AvgIpc) is 3.52. The highest BCUT2D eigenvalue weighted by Gasteiger charge is 2.29. The number of fused-ring (bicyclic) bond motifs is 1. The van der Waals surface area contributed by atoms with Crippen molar-refractivity contribution in [3.63, 3.8) is 0 Å². The van der Waals surface area contributed by atoms with Crippen molar-refractivity contribution in [3.8, 4) is 17.1 Å². The highest BCUT2D eigenvalue weighted by Crippen LogP contribution is 2.43. The number of hydrogen-bond acceptors (Lipinski definition) is 3. The Morgan fingerprint density at radius 3 is 2.60 bits per heavy atom. The maximum Gasteiger partial charge on any atom is 0.234 e. The third-order valence-corrected chi connectivity index (χ3v) is 4.88. The minimum absolute atomic E-state index is 0.321. The van der Waals surface area contributed by atoms with Gasteiger partial charge >= 0.3 is 0 Å². The zero-order chi connectivity index (χ0) is 17.0. The molecule has 0 atom stereocenters. The molecule has 0 radical (unpaired) electrons. The van der Waals surface area contributed by atoms with Gasteiger partial charge in [0.25, 0.3) is 0 Å². The van der Waals surface area contributed by atoms with Crippen molar-refractivity contribution in [2.75, 3.05) is 6.61 Å². The van der Waals surface area contributed by atoms with Crippen molar-refractivity contribution < 1.29 is 13.5 Å². The van der Waals surface area contributed by atoms with Gasteiger partial charge in [-0.1, -0.05) is 0 Å². The van der Waals surface area contributed by atoms with Gasteiger partial charge in [0.1, 0.15) is 0 Å². The monoisotopic (exact) mass is 341 g/mol. The third-order valence-electron chi connectivity index (χ3n) is 4.88. The molecule has 2 aliphatic carbocycles. The summed E-state index contributed by atoms with van der Waals surface area (Å²) in [5.41, 5.74) is 2.46. The zero-order valence-corrected chi connectivity index (χ0v) is 13.6. The minimum Gasteiger partial charge on any atom is -0.476 e. The Labute approximate surface area is 143 Å².